The molecule has 0 bridgehead atoms. The Morgan fingerprint density at radius 1 is 1.11 bits per heavy atom. The number of aromatic nitrogens is 1. The van der Waals surface area contributed by atoms with Crippen LogP contribution in [0.25, 0.3) is 0 Å². The molecule has 0 spiro atoms. The number of pyridine rings is 1. The van der Waals surface area contributed by atoms with Crippen molar-refractivity contribution in [3.8, 4) is 0 Å². The van der Waals surface area contributed by atoms with Gasteiger partial charge in [0.2, 0.25) is 0 Å². The van der Waals surface area contributed by atoms with Crippen LogP contribution in [0.5, 0.6) is 0 Å². The predicted molar refractivity (Wildman–Crippen MR) is 73.7 cm³/mol. The number of hydrogen-bond donors (Lipinski definition) is 0. The van der Waals surface area contributed by atoms with Gasteiger partial charge in [-0.2, -0.15) is 0 Å². The summed E-state index contributed by atoms with van der Waals surface area (Å²) >= 11 is 0. The van der Waals surface area contributed by atoms with Crippen LogP contribution in [0.4, 0.5) is 0 Å². The van der Waals surface area contributed by atoms with E-state index in [4.69, 9.17) is 0 Å². The minimum Gasteiger partial charge on any atom is -0.332 e. The molecule has 96 valence electrons. The molecule has 1 aliphatic rings. The third kappa shape index (κ3) is 2.36. The summed E-state index contributed by atoms with van der Waals surface area (Å²) in [5.74, 6) is 0.125. The number of hydrogen-bond acceptors (Lipinski definition) is 2. The standard InChI is InChI=1S/C16H16N2O/c19-16(14-5-2-1-3-6-14)18-12-4-7-15(18)13-8-10-17-11-9-13/h1-3,5-6,8-11,15H,4,7,12H2/t15-/m0/s1. The highest BCUT2D eigenvalue weighted by Gasteiger charge is 2.30. The van der Waals surface area contributed by atoms with Gasteiger partial charge >= 0.3 is 0 Å². The molecule has 1 aliphatic heterocycles. The van der Waals surface area contributed by atoms with E-state index in [0.29, 0.717) is 0 Å². The molecule has 1 saturated heterocycles. The van der Waals surface area contributed by atoms with E-state index in [0.717, 1.165) is 24.9 Å². The van der Waals surface area contributed by atoms with Crippen molar-refractivity contribution in [3.05, 3.63) is 66.0 Å². The number of likely N-dealkylation sites (tertiary alicyclic amines) is 1. The smallest absolute Gasteiger partial charge is 0.254 e. The van der Waals surface area contributed by atoms with Crippen LogP contribution in [0, 0.1) is 0 Å². The zero-order chi connectivity index (χ0) is 13.1. The summed E-state index contributed by atoms with van der Waals surface area (Å²) in [6.07, 6.45) is 5.67. The van der Waals surface area contributed by atoms with E-state index in [-0.39, 0.29) is 11.9 Å². The van der Waals surface area contributed by atoms with Crippen LogP contribution in [0.3, 0.4) is 0 Å². The van der Waals surface area contributed by atoms with Gasteiger partial charge in [0.05, 0.1) is 6.04 Å². The van der Waals surface area contributed by atoms with Gasteiger partial charge in [-0.25, -0.2) is 0 Å². The maximum absolute atomic E-state index is 12.5. The molecule has 3 heteroatoms. The molecule has 3 rings (SSSR count). The van der Waals surface area contributed by atoms with Crippen LogP contribution in [-0.4, -0.2) is 22.3 Å². The molecule has 1 atom stereocenters. The molecule has 3 nitrogen and oxygen atoms in total. The van der Waals surface area contributed by atoms with E-state index in [1.807, 2.05) is 47.4 Å². The zero-order valence-electron chi connectivity index (χ0n) is 10.7. The molecule has 19 heavy (non-hydrogen) atoms. The van der Waals surface area contributed by atoms with Crippen LogP contribution >= 0.6 is 0 Å². The summed E-state index contributed by atoms with van der Waals surface area (Å²) in [7, 11) is 0. The van der Waals surface area contributed by atoms with Gasteiger partial charge in [-0.1, -0.05) is 18.2 Å². The molecule has 1 fully saturated rings. The van der Waals surface area contributed by atoms with E-state index in [2.05, 4.69) is 4.98 Å². The Morgan fingerprint density at radius 2 is 1.84 bits per heavy atom. The van der Waals surface area contributed by atoms with E-state index < -0.39 is 0 Å². The quantitative estimate of drug-likeness (QED) is 0.823. The molecule has 0 radical (unpaired) electrons. The van der Waals surface area contributed by atoms with Gasteiger partial charge in [-0.05, 0) is 42.7 Å². The number of benzene rings is 1. The Bertz CT molecular complexity index is 553. The van der Waals surface area contributed by atoms with Crippen molar-refractivity contribution in [2.45, 2.75) is 18.9 Å². The first-order valence-electron chi connectivity index (χ1n) is 6.62. The van der Waals surface area contributed by atoms with E-state index in [1.54, 1.807) is 12.4 Å². The first-order chi connectivity index (χ1) is 9.36. The maximum Gasteiger partial charge on any atom is 0.254 e. The van der Waals surface area contributed by atoms with Gasteiger partial charge < -0.3 is 4.90 Å². The number of amides is 1. The molecule has 0 aliphatic carbocycles. The first-order valence-corrected chi connectivity index (χ1v) is 6.62. The van der Waals surface area contributed by atoms with E-state index in [9.17, 15) is 4.79 Å². The number of rotatable bonds is 2. The third-order valence-electron chi connectivity index (χ3n) is 3.63. The highest BCUT2D eigenvalue weighted by atomic mass is 16.2. The second kappa shape index (κ2) is 5.22. The van der Waals surface area contributed by atoms with E-state index >= 15 is 0 Å². The Labute approximate surface area is 112 Å². The highest BCUT2D eigenvalue weighted by molar-refractivity contribution is 5.94. The fourth-order valence-electron chi connectivity index (χ4n) is 2.69. The molecule has 1 aromatic carbocycles. The zero-order valence-corrected chi connectivity index (χ0v) is 10.7. The summed E-state index contributed by atoms with van der Waals surface area (Å²) < 4.78 is 0. The summed E-state index contributed by atoms with van der Waals surface area (Å²) in [4.78, 5) is 18.6. The molecule has 0 N–H and O–H groups in total. The van der Waals surface area contributed by atoms with Gasteiger partial charge in [0, 0.05) is 24.5 Å². The lowest BCUT2D eigenvalue weighted by Crippen LogP contribution is -2.30. The molecule has 1 amide bonds. The minimum absolute atomic E-state index is 0.125. The largest absolute Gasteiger partial charge is 0.332 e. The second-order valence-corrected chi connectivity index (χ2v) is 4.80. The van der Waals surface area contributed by atoms with Gasteiger partial charge in [0.25, 0.3) is 5.91 Å². The fourth-order valence-corrected chi connectivity index (χ4v) is 2.69. The van der Waals surface area contributed by atoms with Crippen molar-refractivity contribution in [2.24, 2.45) is 0 Å². The van der Waals surface area contributed by atoms with Gasteiger partial charge in [-0.3, -0.25) is 9.78 Å². The van der Waals surface area contributed by atoms with Crippen molar-refractivity contribution >= 4 is 5.91 Å². The average Bonchev–Trinajstić information content (AvgIpc) is 2.98. The normalized spacial score (nSPS) is 18.5. The lowest BCUT2D eigenvalue weighted by molar-refractivity contribution is 0.0735. The number of nitrogens with zero attached hydrogens (tertiary/aromatic N) is 2. The second-order valence-electron chi connectivity index (χ2n) is 4.80. The first kappa shape index (κ1) is 11.9. The third-order valence-corrected chi connectivity index (χ3v) is 3.63. The van der Waals surface area contributed by atoms with Crippen LogP contribution in [0.1, 0.15) is 34.8 Å². The topological polar surface area (TPSA) is 33.2 Å². The molecule has 2 heterocycles. The highest BCUT2D eigenvalue weighted by Crippen LogP contribution is 2.32. The minimum atomic E-state index is 0.125. The van der Waals surface area contributed by atoms with Gasteiger partial charge in [0.1, 0.15) is 0 Å². The van der Waals surface area contributed by atoms with Crippen LogP contribution in [0.15, 0.2) is 54.9 Å². The Balaban J connectivity index is 1.86. The lowest BCUT2D eigenvalue weighted by atomic mass is 10.1. The Hall–Kier alpha value is -2.16. The monoisotopic (exact) mass is 252 g/mol. The van der Waals surface area contributed by atoms with Gasteiger partial charge in [-0.15, -0.1) is 0 Å². The lowest BCUT2D eigenvalue weighted by Gasteiger charge is -2.25. The van der Waals surface area contributed by atoms with Crippen molar-refractivity contribution in [2.75, 3.05) is 6.54 Å². The Kier molecular flexibility index (Phi) is 3.27. The van der Waals surface area contributed by atoms with Crippen molar-refractivity contribution in [1.29, 1.82) is 0 Å². The molecular weight excluding hydrogens is 236 g/mol. The maximum atomic E-state index is 12.5. The molecule has 2 aromatic rings. The van der Waals surface area contributed by atoms with Crippen LogP contribution in [0.2, 0.25) is 0 Å². The van der Waals surface area contributed by atoms with Crippen molar-refractivity contribution in [3.63, 3.8) is 0 Å². The Morgan fingerprint density at radius 3 is 2.58 bits per heavy atom. The number of carbonyl (C=O) groups excluding carboxylic acids is 1. The van der Waals surface area contributed by atoms with Crippen molar-refractivity contribution in [1.82, 2.24) is 9.88 Å². The van der Waals surface area contributed by atoms with Crippen LogP contribution in [-0.2, 0) is 0 Å². The summed E-state index contributed by atoms with van der Waals surface area (Å²) in [6.45, 7) is 0.834. The van der Waals surface area contributed by atoms with Crippen molar-refractivity contribution < 1.29 is 4.79 Å². The summed E-state index contributed by atoms with van der Waals surface area (Å²) in [6, 6.07) is 13.7. The predicted octanol–water partition coefficient (Wildman–Crippen LogP) is 3.06. The molecule has 1 aromatic heterocycles. The molecule has 0 saturated carbocycles. The SMILES string of the molecule is O=C(c1ccccc1)N1CCC[C@H]1c1ccncc1. The molecular formula is C16H16N2O. The summed E-state index contributed by atoms with van der Waals surface area (Å²) in [5, 5.41) is 0. The van der Waals surface area contributed by atoms with Gasteiger partial charge in [0.15, 0.2) is 0 Å². The fraction of sp³-hybridized carbons (Fsp3) is 0.250. The average molecular weight is 252 g/mol. The number of carbonyl (C=O) groups is 1. The van der Waals surface area contributed by atoms with E-state index in [1.165, 1.54) is 5.56 Å². The summed E-state index contributed by atoms with van der Waals surface area (Å²) in [5.41, 5.74) is 1.94. The molecule has 0 unspecified atom stereocenters. The van der Waals surface area contributed by atoms with Crippen LogP contribution < -0.4 is 0 Å².